The molecule has 166 valence electrons. The lowest BCUT2D eigenvalue weighted by Crippen LogP contribution is -1.96. The molecule has 4 heteroatoms. The molecule has 4 aromatic rings. The lowest BCUT2D eigenvalue weighted by atomic mass is 10.1. The molecular formula is C30H22O2S2. The Morgan fingerprint density at radius 2 is 0.676 bits per heavy atom. The van der Waals surface area contributed by atoms with Gasteiger partial charge in [0, 0.05) is 33.1 Å². The van der Waals surface area contributed by atoms with E-state index < -0.39 is 0 Å². The van der Waals surface area contributed by atoms with Crippen LogP contribution in [0.5, 0.6) is 0 Å². The third-order valence-corrected chi connectivity index (χ3v) is 7.46. The molecule has 0 aromatic heterocycles. The van der Waals surface area contributed by atoms with E-state index in [2.05, 4.69) is 0 Å². The van der Waals surface area contributed by atoms with E-state index in [1.54, 1.807) is 12.2 Å². The summed E-state index contributed by atoms with van der Waals surface area (Å²) in [5.41, 5.74) is 3.18. The highest BCUT2D eigenvalue weighted by molar-refractivity contribution is 8.83. The van der Waals surface area contributed by atoms with Crippen molar-refractivity contribution in [3.8, 4) is 0 Å². The Bertz CT molecular complexity index is 1190. The van der Waals surface area contributed by atoms with Crippen LogP contribution in [-0.4, -0.2) is 11.6 Å². The highest BCUT2D eigenvalue weighted by atomic mass is 33.1. The van der Waals surface area contributed by atoms with Crippen molar-refractivity contribution in [3.63, 3.8) is 0 Å². The van der Waals surface area contributed by atoms with Gasteiger partial charge in [0.15, 0.2) is 11.6 Å². The molecule has 0 radical (unpaired) electrons. The largest absolute Gasteiger partial charge is 0.289 e. The third-order valence-electron chi connectivity index (χ3n) is 4.98. The van der Waals surface area contributed by atoms with Crippen LogP contribution in [-0.2, 0) is 0 Å². The summed E-state index contributed by atoms with van der Waals surface area (Å²) in [4.78, 5) is 27.5. The van der Waals surface area contributed by atoms with Gasteiger partial charge in [0.2, 0.25) is 0 Å². The van der Waals surface area contributed by atoms with Crippen molar-refractivity contribution in [2.24, 2.45) is 0 Å². The van der Waals surface area contributed by atoms with E-state index in [4.69, 9.17) is 0 Å². The molecule has 0 saturated heterocycles. The molecule has 34 heavy (non-hydrogen) atoms. The summed E-state index contributed by atoms with van der Waals surface area (Å²) in [6, 6.07) is 38.1. The second-order valence-corrected chi connectivity index (χ2v) is 9.59. The molecule has 0 spiro atoms. The van der Waals surface area contributed by atoms with Crippen molar-refractivity contribution in [2.75, 3.05) is 0 Å². The van der Waals surface area contributed by atoms with E-state index in [0.717, 1.165) is 20.9 Å². The monoisotopic (exact) mass is 478 g/mol. The first-order valence-corrected chi connectivity index (χ1v) is 12.9. The summed E-state index contributed by atoms with van der Waals surface area (Å²) in [5.74, 6) is -0.115. The first kappa shape index (κ1) is 23.6. The summed E-state index contributed by atoms with van der Waals surface area (Å²) in [7, 11) is 2.95. The molecule has 4 aromatic carbocycles. The van der Waals surface area contributed by atoms with E-state index in [9.17, 15) is 9.59 Å². The molecule has 0 unspecified atom stereocenters. The molecule has 0 heterocycles. The highest BCUT2D eigenvalue weighted by Gasteiger charge is 2.13. The number of allylic oxidation sites excluding steroid dienone is 2. The number of carbonyl (C=O) groups is 2. The zero-order valence-electron chi connectivity index (χ0n) is 18.3. The van der Waals surface area contributed by atoms with Crippen LogP contribution in [0.4, 0.5) is 0 Å². The molecule has 0 N–H and O–H groups in total. The molecule has 0 fully saturated rings. The van der Waals surface area contributed by atoms with Crippen LogP contribution in [0.2, 0.25) is 0 Å². The molecule has 0 bridgehead atoms. The van der Waals surface area contributed by atoms with E-state index in [-0.39, 0.29) is 11.6 Å². The fourth-order valence-corrected chi connectivity index (χ4v) is 5.57. The quantitative estimate of drug-likeness (QED) is 0.138. The molecule has 0 aliphatic carbocycles. The average Bonchev–Trinajstić information content (AvgIpc) is 2.92. The maximum Gasteiger partial charge on any atom is 0.186 e. The lowest BCUT2D eigenvalue weighted by molar-refractivity contribution is 0.103. The Labute approximate surface area is 207 Å². The van der Waals surface area contributed by atoms with Crippen LogP contribution in [0.25, 0.3) is 9.81 Å². The summed E-state index contributed by atoms with van der Waals surface area (Å²) in [6.45, 7) is 0. The first-order valence-electron chi connectivity index (χ1n) is 10.8. The summed E-state index contributed by atoms with van der Waals surface area (Å²) < 4.78 is 0. The van der Waals surface area contributed by atoms with Gasteiger partial charge in [-0.1, -0.05) is 143 Å². The second kappa shape index (κ2) is 12.0. The third kappa shape index (κ3) is 6.47. The molecule has 4 rings (SSSR count). The van der Waals surface area contributed by atoms with Gasteiger partial charge in [-0.05, 0) is 11.1 Å². The van der Waals surface area contributed by atoms with Gasteiger partial charge in [-0.25, -0.2) is 0 Å². The molecule has 0 saturated carbocycles. The minimum absolute atomic E-state index is 0.0573. The highest BCUT2D eigenvalue weighted by Crippen LogP contribution is 2.45. The Morgan fingerprint density at radius 1 is 0.412 bits per heavy atom. The van der Waals surface area contributed by atoms with Crippen LogP contribution in [0.1, 0.15) is 31.8 Å². The van der Waals surface area contributed by atoms with Gasteiger partial charge in [-0.3, -0.25) is 9.59 Å². The Kier molecular flexibility index (Phi) is 8.33. The minimum atomic E-state index is -0.0573. The van der Waals surface area contributed by atoms with Crippen molar-refractivity contribution < 1.29 is 9.59 Å². The predicted octanol–water partition coefficient (Wildman–Crippen LogP) is 8.22. The summed E-state index contributed by atoms with van der Waals surface area (Å²) >= 11 is 0. The van der Waals surface area contributed by atoms with Gasteiger partial charge < -0.3 is 0 Å². The average molecular weight is 479 g/mol. The maximum absolute atomic E-state index is 12.9. The second-order valence-electron chi connectivity index (χ2n) is 7.38. The number of ketones is 2. The molecule has 0 aliphatic heterocycles. The Hall–Kier alpha value is -3.60. The van der Waals surface area contributed by atoms with Crippen molar-refractivity contribution >= 4 is 43.0 Å². The van der Waals surface area contributed by atoms with Gasteiger partial charge in [0.1, 0.15) is 0 Å². The van der Waals surface area contributed by atoms with E-state index >= 15 is 0 Å². The number of benzene rings is 4. The number of rotatable bonds is 9. The number of carbonyl (C=O) groups excluding carboxylic acids is 2. The van der Waals surface area contributed by atoms with Crippen molar-refractivity contribution in [1.29, 1.82) is 0 Å². The van der Waals surface area contributed by atoms with Gasteiger partial charge in [-0.15, -0.1) is 0 Å². The Balaban J connectivity index is 1.65. The van der Waals surface area contributed by atoms with E-state index in [1.165, 1.54) is 21.6 Å². The molecule has 2 nitrogen and oxygen atoms in total. The zero-order chi connectivity index (χ0) is 23.6. The van der Waals surface area contributed by atoms with Gasteiger partial charge >= 0.3 is 0 Å². The summed E-state index contributed by atoms with van der Waals surface area (Å²) in [6.07, 6.45) is 3.34. The standard InChI is InChI=1S/C30H22O2S2/c31-27(23-13-5-1-6-14-23)21-29(25-17-9-3-10-18-25)33-34-30(26-19-11-4-12-20-26)22-28(32)24-15-7-2-8-16-24/h1-22H/b29-21+,30-22+. The maximum atomic E-state index is 12.9. The van der Waals surface area contributed by atoms with Gasteiger partial charge in [0.25, 0.3) is 0 Å². The molecule has 0 aliphatic rings. The first-order chi connectivity index (χ1) is 16.7. The normalized spacial score (nSPS) is 11.8. The van der Waals surface area contributed by atoms with Gasteiger partial charge in [0.05, 0.1) is 0 Å². The molecule has 0 amide bonds. The van der Waals surface area contributed by atoms with Gasteiger partial charge in [-0.2, -0.15) is 0 Å². The lowest BCUT2D eigenvalue weighted by Gasteiger charge is -2.10. The van der Waals surface area contributed by atoms with E-state index in [0.29, 0.717) is 11.1 Å². The van der Waals surface area contributed by atoms with Crippen molar-refractivity contribution in [1.82, 2.24) is 0 Å². The smallest absolute Gasteiger partial charge is 0.186 e. The molecular weight excluding hydrogens is 456 g/mol. The molecule has 0 atom stereocenters. The van der Waals surface area contributed by atoms with Crippen LogP contribution in [0.3, 0.4) is 0 Å². The van der Waals surface area contributed by atoms with Crippen LogP contribution in [0, 0.1) is 0 Å². The van der Waals surface area contributed by atoms with Crippen LogP contribution < -0.4 is 0 Å². The predicted molar refractivity (Wildman–Crippen MR) is 146 cm³/mol. The fourth-order valence-electron chi connectivity index (χ4n) is 3.22. The van der Waals surface area contributed by atoms with Crippen LogP contribution >= 0.6 is 21.6 Å². The van der Waals surface area contributed by atoms with Crippen molar-refractivity contribution in [3.05, 3.63) is 156 Å². The van der Waals surface area contributed by atoms with Crippen molar-refractivity contribution in [2.45, 2.75) is 0 Å². The number of hydrogen-bond donors (Lipinski definition) is 0. The summed E-state index contributed by atoms with van der Waals surface area (Å²) in [5, 5.41) is 0. The SMILES string of the molecule is O=C(/C=C(/SS/C(=C/C(=O)c1ccccc1)c1ccccc1)c1ccccc1)c1ccccc1. The Morgan fingerprint density at radius 3 is 0.971 bits per heavy atom. The fraction of sp³-hybridized carbons (Fsp3) is 0. The minimum Gasteiger partial charge on any atom is -0.289 e. The van der Waals surface area contributed by atoms with E-state index in [1.807, 2.05) is 121 Å². The zero-order valence-corrected chi connectivity index (χ0v) is 20.0. The topological polar surface area (TPSA) is 34.1 Å². The van der Waals surface area contributed by atoms with Crippen LogP contribution in [0.15, 0.2) is 133 Å². The number of hydrogen-bond acceptors (Lipinski definition) is 4.